The number of pyridine rings is 1. The zero-order chi connectivity index (χ0) is 25.8. The molecule has 0 aliphatic rings. The van der Waals surface area contributed by atoms with Gasteiger partial charge in [0.05, 0.1) is 17.4 Å². The van der Waals surface area contributed by atoms with Crippen molar-refractivity contribution in [1.29, 1.82) is 0 Å². The lowest BCUT2D eigenvalue weighted by atomic mass is 9.94. The summed E-state index contributed by atoms with van der Waals surface area (Å²) in [5, 5.41) is 0. The molecule has 0 radical (unpaired) electrons. The van der Waals surface area contributed by atoms with Crippen molar-refractivity contribution in [2.45, 2.75) is 72.8 Å². The summed E-state index contributed by atoms with van der Waals surface area (Å²) in [4.78, 5) is 7.06. The minimum atomic E-state index is -4.33. The van der Waals surface area contributed by atoms with Crippen LogP contribution in [0.25, 0.3) is 11.3 Å². The monoisotopic (exact) mass is 484 g/mol. The number of alkyl halides is 3. The lowest BCUT2D eigenvalue weighted by Gasteiger charge is -2.23. The standard InChI is InChI=1S/C29H35F3N2O/c1-7-22-10-9-11-23(8-2)28(22)26-16-27(35-19(3)4)25(20(5)33-26)18-34(6)17-21-12-14-24(15-13-21)29(30,31)32/h9-16,19H,7-8,17-18H2,1-6H3. The van der Waals surface area contributed by atoms with E-state index in [0.717, 1.165) is 53.2 Å². The van der Waals surface area contributed by atoms with Gasteiger partial charge in [0.25, 0.3) is 0 Å². The summed E-state index contributed by atoms with van der Waals surface area (Å²) in [6, 6.07) is 13.8. The number of hydrogen-bond donors (Lipinski definition) is 0. The van der Waals surface area contributed by atoms with Crippen LogP contribution in [0.5, 0.6) is 5.75 Å². The Balaban J connectivity index is 1.93. The first kappa shape index (κ1) is 26.7. The van der Waals surface area contributed by atoms with Gasteiger partial charge in [-0.15, -0.1) is 0 Å². The molecule has 0 aliphatic heterocycles. The number of hydrogen-bond acceptors (Lipinski definition) is 3. The van der Waals surface area contributed by atoms with Crippen LogP contribution in [0.3, 0.4) is 0 Å². The van der Waals surface area contributed by atoms with Crippen molar-refractivity contribution in [1.82, 2.24) is 9.88 Å². The Kier molecular flexibility index (Phi) is 8.60. The highest BCUT2D eigenvalue weighted by Gasteiger charge is 2.30. The van der Waals surface area contributed by atoms with Crippen molar-refractivity contribution in [2.24, 2.45) is 0 Å². The average Bonchev–Trinajstić information content (AvgIpc) is 2.79. The zero-order valence-electron chi connectivity index (χ0n) is 21.5. The average molecular weight is 485 g/mol. The third-order valence-corrected chi connectivity index (χ3v) is 6.07. The zero-order valence-corrected chi connectivity index (χ0v) is 21.5. The van der Waals surface area contributed by atoms with Gasteiger partial charge in [0.15, 0.2) is 0 Å². The molecule has 0 bridgehead atoms. The Hall–Kier alpha value is -2.86. The Morgan fingerprint density at radius 3 is 2.06 bits per heavy atom. The second-order valence-electron chi connectivity index (χ2n) is 9.26. The molecule has 35 heavy (non-hydrogen) atoms. The molecule has 6 heteroatoms. The van der Waals surface area contributed by atoms with Gasteiger partial charge in [0.2, 0.25) is 0 Å². The predicted molar refractivity (Wildman–Crippen MR) is 136 cm³/mol. The van der Waals surface area contributed by atoms with Crippen LogP contribution in [0, 0.1) is 6.92 Å². The lowest BCUT2D eigenvalue weighted by Crippen LogP contribution is -2.20. The molecule has 0 fully saturated rings. The van der Waals surface area contributed by atoms with E-state index in [-0.39, 0.29) is 6.10 Å². The summed E-state index contributed by atoms with van der Waals surface area (Å²) < 4.78 is 44.9. The molecule has 0 amide bonds. The molecule has 3 rings (SSSR count). The number of halogens is 3. The fraction of sp³-hybridized carbons (Fsp3) is 0.414. The molecule has 1 heterocycles. The first-order chi connectivity index (χ1) is 16.5. The van der Waals surface area contributed by atoms with Crippen LogP contribution in [0.1, 0.15) is 61.2 Å². The SMILES string of the molecule is CCc1cccc(CC)c1-c1cc(OC(C)C)c(CN(C)Cc2ccc(C(F)(F)F)cc2)c(C)n1. The number of benzene rings is 2. The lowest BCUT2D eigenvalue weighted by molar-refractivity contribution is -0.137. The number of aryl methyl sites for hydroxylation is 3. The molecule has 0 spiro atoms. The molecule has 2 aromatic carbocycles. The molecule has 0 saturated carbocycles. The second kappa shape index (κ2) is 11.3. The number of nitrogens with zero attached hydrogens (tertiary/aromatic N) is 2. The van der Waals surface area contributed by atoms with Gasteiger partial charge in [-0.05, 0) is 69.5 Å². The number of ether oxygens (including phenoxy) is 1. The number of rotatable bonds is 9. The maximum absolute atomic E-state index is 12.9. The van der Waals surface area contributed by atoms with E-state index in [1.54, 1.807) is 0 Å². The molecule has 188 valence electrons. The van der Waals surface area contributed by atoms with Gasteiger partial charge in [-0.3, -0.25) is 9.88 Å². The fourth-order valence-electron chi connectivity index (χ4n) is 4.36. The molecular formula is C29H35F3N2O. The van der Waals surface area contributed by atoms with E-state index < -0.39 is 11.7 Å². The van der Waals surface area contributed by atoms with E-state index in [9.17, 15) is 13.2 Å². The van der Waals surface area contributed by atoms with E-state index >= 15 is 0 Å². The van der Waals surface area contributed by atoms with Crippen molar-refractivity contribution in [3.63, 3.8) is 0 Å². The Morgan fingerprint density at radius 2 is 1.54 bits per heavy atom. The second-order valence-corrected chi connectivity index (χ2v) is 9.26. The summed E-state index contributed by atoms with van der Waals surface area (Å²) in [5.41, 5.74) is 6.69. The van der Waals surface area contributed by atoms with Crippen molar-refractivity contribution in [2.75, 3.05) is 7.05 Å². The molecule has 0 unspecified atom stereocenters. The van der Waals surface area contributed by atoms with Crippen molar-refractivity contribution in [3.05, 3.63) is 82.0 Å². The van der Waals surface area contributed by atoms with E-state index in [0.29, 0.717) is 13.1 Å². The van der Waals surface area contributed by atoms with Crippen LogP contribution in [0.2, 0.25) is 0 Å². The smallest absolute Gasteiger partial charge is 0.416 e. The molecule has 0 N–H and O–H groups in total. The van der Waals surface area contributed by atoms with E-state index in [2.05, 4.69) is 36.9 Å². The quantitative estimate of drug-likeness (QED) is 0.312. The van der Waals surface area contributed by atoms with Crippen LogP contribution >= 0.6 is 0 Å². The summed E-state index contributed by atoms with van der Waals surface area (Å²) in [6.07, 6.45) is -2.49. The highest BCUT2D eigenvalue weighted by atomic mass is 19.4. The molecule has 1 aromatic heterocycles. The molecule has 0 saturated heterocycles. The summed E-state index contributed by atoms with van der Waals surface area (Å²) >= 11 is 0. The van der Waals surface area contributed by atoms with Crippen molar-refractivity contribution >= 4 is 0 Å². The molecular weight excluding hydrogens is 449 g/mol. The minimum absolute atomic E-state index is 0.00400. The van der Waals surface area contributed by atoms with Crippen molar-refractivity contribution < 1.29 is 17.9 Å². The van der Waals surface area contributed by atoms with Crippen LogP contribution in [0.15, 0.2) is 48.5 Å². The van der Waals surface area contributed by atoms with Crippen LogP contribution in [-0.4, -0.2) is 23.0 Å². The normalized spacial score (nSPS) is 12.0. The van der Waals surface area contributed by atoms with Gasteiger partial charge < -0.3 is 4.74 Å². The highest BCUT2D eigenvalue weighted by molar-refractivity contribution is 5.70. The van der Waals surface area contributed by atoms with Crippen LogP contribution in [-0.2, 0) is 32.1 Å². The van der Waals surface area contributed by atoms with Gasteiger partial charge in [-0.2, -0.15) is 13.2 Å². The van der Waals surface area contributed by atoms with E-state index in [1.807, 2.05) is 33.9 Å². The number of aromatic nitrogens is 1. The molecule has 3 nitrogen and oxygen atoms in total. The Bertz CT molecular complexity index is 1120. The largest absolute Gasteiger partial charge is 0.491 e. The molecule has 0 atom stereocenters. The first-order valence-corrected chi connectivity index (χ1v) is 12.2. The van der Waals surface area contributed by atoms with E-state index in [1.165, 1.54) is 28.8 Å². The van der Waals surface area contributed by atoms with Gasteiger partial charge >= 0.3 is 6.18 Å². The Morgan fingerprint density at radius 1 is 0.943 bits per heavy atom. The topological polar surface area (TPSA) is 25.4 Å². The Labute approximate surface area is 207 Å². The summed E-state index contributed by atoms with van der Waals surface area (Å²) in [7, 11) is 1.95. The third-order valence-electron chi connectivity index (χ3n) is 6.07. The van der Waals surface area contributed by atoms with Gasteiger partial charge in [0.1, 0.15) is 5.75 Å². The molecule has 3 aromatic rings. The van der Waals surface area contributed by atoms with E-state index in [4.69, 9.17) is 9.72 Å². The fourth-order valence-corrected chi connectivity index (χ4v) is 4.36. The van der Waals surface area contributed by atoms with Crippen molar-refractivity contribution in [3.8, 4) is 17.0 Å². The maximum Gasteiger partial charge on any atom is 0.416 e. The van der Waals surface area contributed by atoms with Crippen LogP contribution in [0.4, 0.5) is 13.2 Å². The first-order valence-electron chi connectivity index (χ1n) is 12.2. The third kappa shape index (κ3) is 6.63. The maximum atomic E-state index is 12.9. The summed E-state index contributed by atoms with van der Waals surface area (Å²) in [6.45, 7) is 11.4. The molecule has 0 aliphatic carbocycles. The summed E-state index contributed by atoms with van der Waals surface area (Å²) in [5.74, 6) is 0.801. The van der Waals surface area contributed by atoms with Gasteiger partial charge in [-0.25, -0.2) is 0 Å². The van der Waals surface area contributed by atoms with Gasteiger partial charge in [-0.1, -0.05) is 44.2 Å². The highest BCUT2D eigenvalue weighted by Crippen LogP contribution is 2.34. The van der Waals surface area contributed by atoms with Gasteiger partial charge in [0, 0.05) is 36.0 Å². The predicted octanol–water partition coefficient (Wildman–Crippen LogP) is 7.62. The minimum Gasteiger partial charge on any atom is -0.491 e. The van der Waals surface area contributed by atoms with Crippen LogP contribution < -0.4 is 4.74 Å².